The maximum atomic E-state index is 14.5. The number of rotatable bonds is 4. The van der Waals surface area contributed by atoms with Crippen LogP contribution in [0.2, 0.25) is 0 Å². The fraction of sp³-hybridized carbons (Fsp3) is 0.486. The Hall–Kier alpha value is -4.19. The summed E-state index contributed by atoms with van der Waals surface area (Å²) in [5.74, 6) is 0.0421. The van der Waals surface area contributed by atoms with Crippen molar-refractivity contribution < 1.29 is 27.5 Å². The van der Waals surface area contributed by atoms with Gasteiger partial charge in [0.2, 0.25) is 11.8 Å². The van der Waals surface area contributed by atoms with Gasteiger partial charge in [-0.3, -0.25) is 4.79 Å². The number of piperidine rings is 1. The van der Waals surface area contributed by atoms with Crippen LogP contribution < -0.4 is 9.46 Å². The number of anilines is 1. The first-order valence-corrected chi connectivity index (χ1v) is 17.8. The highest BCUT2D eigenvalue weighted by molar-refractivity contribution is 7.92. The van der Waals surface area contributed by atoms with Crippen molar-refractivity contribution in [3.8, 4) is 17.1 Å². The molecular weight excluding hydrogens is 618 g/mol. The minimum absolute atomic E-state index is 0.0688. The van der Waals surface area contributed by atoms with E-state index in [1.54, 1.807) is 18.2 Å². The van der Waals surface area contributed by atoms with Crippen molar-refractivity contribution in [2.45, 2.75) is 88.7 Å². The summed E-state index contributed by atoms with van der Waals surface area (Å²) in [7, 11) is -2.76. The largest absolute Gasteiger partial charge is 0.475 e. The molecule has 11 nitrogen and oxygen atoms in total. The molecule has 1 N–H and O–H groups in total. The van der Waals surface area contributed by atoms with E-state index >= 15 is 0 Å². The van der Waals surface area contributed by atoms with Gasteiger partial charge in [-0.15, -0.1) is 0 Å². The molecule has 2 amide bonds. The molecule has 1 aliphatic carbocycles. The van der Waals surface area contributed by atoms with E-state index in [1.807, 2.05) is 41.8 Å². The maximum absolute atomic E-state index is 14.5. The van der Waals surface area contributed by atoms with Crippen LogP contribution in [0.1, 0.15) is 73.9 Å². The van der Waals surface area contributed by atoms with Crippen molar-refractivity contribution in [3.05, 3.63) is 65.2 Å². The van der Waals surface area contributed by atoms with Crippen molar-refractivity contribution in [2.24, 2.45) is 5.92 Å². The number of aromatic nitrogens is 2. The number of nitrogens with one attached hydrogen (secondary N) is 1. The van der Waals surface area contributed by atoms with Crippen LogP contribution in [0.4, 0.5) is 10.7 Å². The Labute approximate surface area is 276 Å². The van der Waals surface area contributed by atoms with Gasteiger partial charge in [-0.05, 0) is 87.6 Å². The Bertz CT molecular complexity index is 1770. The molecule has 0 unspecified atom stereocenters. The molecule has 3 heterocycles. The van der Waals surface area contributed by atoms with Gasteiger partial charge < -0.3 is 19.3 Å². The number of hydrogen-bond donors (Lipinski definition) is 1. The Morgan fingerprint density at radius 1 is 1.09 bits per heavy atom. The van der Waals surface area contributed by atoms with Gasteiger partial charge in [0.05, 0.1) is 29.3 Å². The summed E-state index contributed by atoms with van der Waals surface area (Å²) in [6.07, 6.45) is 4.27. The van der Waals surface area contributed by atoms with Crippen molar-refractivity contribution in [1.82, 2.24) is 19.8 Å². The summed E-state index contributed by atoms with van der Waals surface area (Å²) in [4.78, 5) is 40.0. The van der Waals surface area contributed by atoms with E-state index in [0.717, 1.165) is 36.0 Å². The van der Waals surface area contributed by atoms with Gasteiger partial charge in [0.25, 0.3) is 15.9 Å². The molecular formula is C35H43N5O6S. The van der Waals surface area contributed by atoms with E-state index < -0.39 is 10.0 Å². The number of likely N-dealkylation sites (tertiary alicyclic amines) is 1. The highest BCUT2D eigenvalue weighted by Crippen LogP contribution is 2.48. The van der Waals surface area contributed by atoms with Crippen LogP contribution in [-0.2, 0) is 14.8 Å². The lowest BCUT2D eigenvalue weighted by atomic mass is 9.66. The van der Waals surface area contributed by atoms with Gasteiger partial charge in [0, 0.05) is 29.8 Å². The predicted molar refractivity (Wildman–Crippen MR) is 178 cm³/mol. The number of carbonyl (C=O) groups is 2. The number of fused-ring (bicyclic) bond motifs is 4. The van der Waals surface area contributed by atoms with Crippen LogP contribution in [-0.4, -0.2) is 78.1 Å². The van der Waals surface area contributed by atoms with Gasteiger partial charge in [0.1, 0.15) is 6.61 Å². The fourth-order valence-electron chi connectivity index (χ4n) is 7.56. The van der Waals surface area contributed by atoms with Crippen LogP contribution in [0.5, 0.6) is 5.88 Å². The normalized spacial score (nSPS) is 23.9. The molecule has 3 aliphatic rings. The van der Waals surface area contributed by atoms with Crippen LogP contribution in [0, 0.1) is 19.8 Å². The zero-order chi connectivity index (χ0) is 33.5. The summed E-state index contributed by atoms with van der Waals surface area (Å²) < 4.78 is 41.4. The van der Waals surface area contributed by atoms with Gasteiger partial charge in [-0.1, -0.05) is 38.1 Å². The molecule has 6 rings (SSSR count). The number of amides is 2. The third-order valence-electron chi connectivity index (χ3n) is 9.72. The second-order valence-electron chi connectivity index (χ2n) is 13.5. The Morgan fingerprint density at radius 2 is 1.81 bits per heavy atom. The first-order chi connectivity index (χ1) is 22.4. The molecule has 1 spiro atoms. The lowest BCUT2D eigenvalue weighted by molar-refractivity contribution is -0.0678. The fourth-order valence-corrected chi connectivity index (χ4v) is 8.55. The molecule has 3 aromatic rings. The van der Waals surface area contributed by atoms with E-state index in [9.17, 15) is 18.0 Å². The van der Waals surface area contributed by atoms with Gasteiger partial charge >= 0.3 is 6.09 Å². The number of benzene rings is 2. The summed E-state index contributed by atoms with van der Waals surface area (Å²) in [6, 6.07) is 13.2. The molecule has 12 heteroatoms. The monoisotopic (exact) mass is 661 g/mol. The van der Waals surface area contributed by atoms with Crippen LogP contribution in [0.25, 0.3) is 11.3 Å². The number of nitrogens with zero attached hydrogens (tertiary/aromatic N) is 4. The highest BCUT2D eigenvalue weighted by atomic mass is 32.2. The van der Waals surface area contributed by atoms with E-state index in [2.05, 4.69) is 28.5 Å². The zero-order valence-corrected chi connectivity index (χ0v) is 28.5. The summed E-state index contributed by atoms with van der Waals surface area (Å²) >= 11 is 0. The van der Waals surface area contributed by atoms with Crippen molar-refractivity contribution >= 4 is 28.0 Å². The van der Waals surface area contributed by atoms with Crippen LogP contribution >= 0.6 is 0 Å². The quantitative estimate of drug-likeness (QED) is 0.362. The molecule has 1 atom stereocenters. The van der Waals surface area contributed by atoms with E-state index in [1.165, 1.54) is 19.2 Å². The van der Waals surface area contributed by atoms with E-state index in [4.69, 9.17) is 9.47 Å². The number of aryl methyl sites for hydroxylation is 2. The first kappa shape index (κ1) is 32.7. The number of ether oxygens (including phenoxy) is 2. The predicted octanol–water partition coefficient (Wildman–Crippen LogP) is 5.96. The van der Waals surface area contributed by atoms with Gasteiger partial charge in [0.15, 0.2) is 0 Å². The summed E-state index contributed by atoms with van der Waals surface area (Å²) in [6.45, 7) is 8.92. The molecule has 1 aromatic heterocycles. The smallest absolute Gasteiger partial charge is 0.409 e. The van der Waals surface area contributed by atoms with E-state index in [0.29, 0.717) is 31.5 Å². The molecule has 4 bridgehead atoms. The highest BCUT2D eigenvalue weighted by Gasteiger charge is 2.55. The standard InChI is InChI=1S/C35H43N5O6S/c1-22(2)16-26-21-46-30-18-29(31-23(3)10-8-11-24(31)4)36-33(37-30)38-47(43,44)28-13-9-12-25(17-28)32(41)40(26)27-19-35(20-27)14-6-7-15-39(35)34(42)45-5/h8-13,17-18,22,26-27H,6-7,14-16,19-21H2,1-5H3,(H,36,37,38)/t26-,27?,35?/m1/s1. The third-order valence-corrected chi connectivity index (χ3v) is 11.0. The molecule has 47 heavy (non-hydrogen) atoms. The average molecular weight is 662 g/mol. The topological polar surface area (TPSA) is 131 Å². The maximum Gasteiger partial charge on any atom is 0.409 e. The number of methoxy groups -OCH3 is 1. The Kier molecular flexibility index (Phi) is 8.90. The Morgan fingerprint density at radius 3 is 2.51 bits per heavy atom. The molecule has 0 radical (unpaired) electrons. The minimum Gasteiger partial charge on any atom is -0.475 e. The lowest BCUT2D eigenvalue weighted by Crippen LogP contribution is -2.68. The first-order valence-electron chi connectivity index (χ1n) is 16.3. The second-order valence-corrected chi connectivity index (χ2v) is 15.2. The number of carbonyl (C=O) groups excluding carboxylic acids is 2. The number of hydrogen-bond acceptors (Lipinski definition) is 8. The van der Waals surface area contributed by atoms with E-state index in [-0.39, 0.29) is 64.4 Å². The average Bonchev–Trinajstić information content (AvgIpc) is 3.02. The van der Waals surface area contributed by atoms with Crippen LogP contribution in [0.15, 0.2) is 53.4 Å². The second kappa shape index (κ2) is 12.8. The molecule has 1 saturated heterocycles. The molecule has 1 saturated carbocycles. The van der Waals surface area contributed by atoms with Crippen molar-refractivity contribution in [2.75, 3.05) is 25.0 Å². The summed E-state index contributed by atoms with van der Waals surface area (Å²) in [5, 5.41) is 0. The summed E-state index contributed by atoms with van der Waals surface area (Å²) in [5.41, 5.74) is 3.24. The zero-order valence-electron chi connectivity index (χ0n) is 27.7. The lowest BCUT2D eigenvalue weighted by Gasteiger charge is -2.59. The number of sulfonamides is 1. The molecule has 2 aliphatic heterocycles. The molecule has 2 aromatic carbocycles. The third kappa shape index (κ3) is 6.39. The Balaban J connectivity index is 1.44. The minimum atomic E-state index is -4.16. The SMILES string of the molecule is COC(=O)N1CCCCC12CC(N1C(=O)c3cccc(c3)S(=O)(=O)Nc3nc(cc(-c4c(C)cccc4C)n3)OC[C@H]1CC(C)C)C2. The van der Waals surface area contributed by atoms with Crippen molar-refractivity contribution in [1.29, 1.82) is 0 Å². The van der Waals surface area contributed by atoms with Gasteiger partial charge in [-0.2, -0.15) is 4.98 Å². The van der Waals surface area contributed by atoms with Crippen LogP contribution in [0.3, 0.4) is 0 Å². The molecule has 250 valence electrons. The molecule has 2 fully saturated rings. The van der Waals surface area contributed by atoms with Crippen molar-refractivity contribution in [3.63, 3.8) is 0 Å². The van der Waals surface area contributed by atoms with Gasteiger partial charge in [-0.25, -0.2) is 22.9 Å².